The maximum absolute atomic E-state index is 9.35. The molecular weight excluding hydrogens is 186 g/mol. The van der Waals surface area contributed by atoms with E-state index < -0.39 is 0 Å². The Morgan fingerprint density at radius 1 is 1.62 bits per heavy atom. The van der Waals surface area contributed by atoms with Gasteiger partial charge in [0.15, 0.2) is 0 Å². The topological polar surface area (TPSA) is 33.1 Å². The molecule has 3 heteroatoms. The minimum atomic E-state index is -0.218. The average Bonchev–Trinajstić information content (AvgIpc) is 2.16. The van der Waals surface area contributed by atoms with Crippen LogP contribution in [-0.4, -0.2) is 16.2 Å². The Balaban J connectivity index is 2.50. The Morgan fingerprint density at radius 2 is 2.38 bits per heavy atom. The summed E-state index contributed by atoms with van der Waals surface area (Å²) in [5.41, 5.74) is 1.06. The van der Waals surface area contributed by atoms with Gasteiger partial charge in [-0.3, -0.25) is 4.98 Å². The Hall–Kier alpha value is -0.600. The van der Waals surface area contributed by atoms with E-state index in [0.29, 0.717) is 5.02 Å². The Morgan fingerprint density at radius 3 is 3.00 bits per heavy atom. The van der Waals surface area contributed by atoms with Gasteiger partial charge < -0.3 is 5.11 Å². The van der Waals surface area contributed by atoms with Gasteiger partial charge >= 0.3 is 0 Å². The predicted molar refractivity (Wildman–Crippen MR) is 53.9 cm³/mol. The van der Waals surface area contributed by atoms with Crippen LogP contribution in [0.1, 0.15) is 25.3 Å². The lowest BCUT2D eigenvalue weighted by Gasteiger charge is -2.07. The number of aliphatic hydroxyl groups is 1. The molecule has 0 fully saturated rings. The molecule has 0 aliphatic rings. The lowest BCUT2D eigenvalue weighted by Crippen LogP contribution is -2.05. The number of nitrogens with zero attached hydrogens (tertiary/aromatic N) is 1. The van der Waals surface area contributed by atoms with E-state index in [-0.39, 0.29) is 6.10 Å². The largest absolute Gasteiger partial charge is 0.393 e. The van der Waals surface area contributed by atoms with E-state index >= 15 is 0 Å². The number of aryl methyl sites for hydroxylation is 1. The number of rotatable bonds is 4. The first-order chi connectivity index (χ1) is 6.24. The number of pyridine rings is 1. The van der Waals surface area contributed by atoms with Gasteiger partial charge in [0.05, 0.1) is 11.1 Å². The summed E-state index contributed by atoms with van der Waals surface area (Å²) in [5.74, 6) is 0. The molecule has 2 nitrogen and oxygen atoms in total. The van der Waals surface area contributed by atoms with E-state index in [1.807, 2.05) is 13.0 Å². The van der Waals surface area contributed by atoms with E-state index in [0.717, 1.165) is 24.8 Å². The second kappa shape index (κ2) is 5.20. The van der Waals surface area contributed by atoms with E-state index in [9.17, 15) is 5.11 Å². The van der Waals surface area contributed by atoms with Crippen molar-refractivity contribution in [3.63, 3.8) is 0 Å². The maximum Gasteiger partial charge on any atom is 0.0621 e. The number of hydrogen-bond acceptors (Lipinski definition) is 2. The lowest BCUT2D eigenvalue weighted by atomic mass is 10.1. The molecule has 1 heterocycles. The summed E-state index contributed by atoms with van der Waals surface area (Å²) >= 11 is 5.91. The van der Waals surface area contributed by atoms with Crippen LogP contribution in [0.3, 0.4) is 0 Å². The Labute approximate surface area is 83.6 Å². The van der Waals surface area contributed by atoms with Crippen molar-refractivity contribution in [3.05, 3.63) is 29.0 Å². The Kier molecular flexibility index (Phi) is 4.19. The standard InChI is InChI=1S/C10H14ClNO/c1-2-9(13)4-3-8-5-6-12-7-10(8)11/h5-7,9,13H,2-4H2,1H3. The molecular formula is C10H14ClNO. The maximum atomic E-state index is 9.35. The molecule has 0 spiro atoms. The van der Waals surface area contributed by atoms with Gasteiger partial charge in [-0.15, -0.1) is 0 Å². The van der Waals surface area contributed by atoms with Gasteiger partial charge in [-0.2, -0.15) is 0 Å². The van der Waals surface area contributed by atoms with E-state index in [1.54, 1.807) is 12.4 Å². The molecule has 0 saturated heterocycles. The first-order valence-electron chi connectivity index (χ1n) is 4.50. The van der Waals surface area contributed by atoms with Gasteiger partial charge in [0.1, 0.15) is 0 Å². The van der Waals surface area contributed by atoms with Gasteiger partial charge in [0.25, 0.3) is 0 Å². The van der Waals surface area contributed by atoms with Crippen molar-refractivity contribution in [3.8, 4) is 0 Å². The summed E-state index contributed by atoms with van der Waals surface area (Å²) in [7, 11) is 0. The van der Waals surface area contributed by atoms with Crippen LogP contribution in [0.2, 0.25) is 5.02 Å². The van der Waals surface area contributed by atoms with Gasteiger partial charge in [-0.05, 0) is 30.9 Å². The van der Waals surface area contributed by atoms with Crippen LogP contribution in [0.15, 0.2) is 18.5 Å². The van der Waals surface area contributed by atoms with Crippen LogP contribution in [0.25, 0.3) is 0 Å². The molecule has 13 heavy (non-hydrogen) atoms. The molecule has 0 bridgehead atoms. The van der Waals surface area contributed by atoms with Crippen molar-refractivity contribution in [1.29, 1.82) is 0 Å². The van der Waals surface area contributed by atoms with Crippen LogP contribution < -0.4 is 0 Å². The summed E-state index contributed by atoms with van der Waals surface area (Å²) in [5, 5.41) is 10.0. The molecule has 0 amide bonds. The number of halogens is 1. The Bertz CT molecular complexity index is 265. The lowest BCUT2D eigenvalue weighted by molar-refractivity contribution is 0.160. The van der Waals surface area contributed by atoms with Crippen molar-refractivity contribution < 1.29 is 5.11 Å². The highest BCUT2D eigenvalue weighted by Gasteiger charge is 2.03. The molecule has 0 saturated carbocycles. The highest BCUT2D eigenvalue weighted by Crippen LogP contribution is 2.16. The van der Waals surface area contributed by atoms with Crippen molar-refractivity contribution in [1.82, 2.24) is 4.98 Å². The van der Waals surface area contributed by atoms with Gasteiger partial charge in [0, 0.05) is 12.4 Å². The molecule has 1 aromatic rings. The van der Waals surface area contributed by atoms with Crippen molar-refractivity contribution in [2.45, 2.75) is 32.3 Å². The second-order valence-electron chi connectivity index (χ2n) is 3.07. The zero-order valence-corrected chi connectivity index (χ0v) is 8.46. The molecule has 1 rings (SSSR count). The van der Waals surface area contributed by atoms with Crippen LogP contribution >= 0.6 is 11.6 Å². The minimum absolute atomic E-state index is 0.218. The van der Waals surface area contributed by atoms with Crippen molar-refractivity contribution in [2.24, 2.45) is 0 Å². The van der Waals surface area contributed by atoms with Crippen LogP contribution in [0.5, 0.6) is 0 Å². The molecule has 0 aliphatic heterocycles. The molecule has 1 unspecified atom stereocenters. The quantitative estimate of drug-likeness (QED) is 0.808. The third-order valence-corrected chi connectivity index (χ3v) is 2.41. The molecule has 0 radical (unpaired) electrons. The second-order valence-corrected chi connectivity index (χ2v) is 3.48. The summed E-state index contributed by atoms with van der Waals surface area (Å²) < 4.78 is 0. The van der Waals surface area contributed by atoms with Crippen molar-refractivity contribution in [2.75, 3.05) is 0 Å². The van der Waals surface area contributed by atoms with Crippen molar-refractivity contribution >= 4 is 11.6 Å². The zero-order chi connectivity index (χ0) is 9.68. The molecule has 1 N–H and O–H groups in total. The predicted octanol–water partition coefficient (Wildman–Crippen LogP) is 2.44. The smallest absolute Gasteiger partial charge is 0.0621 e. The first-order valence-corrected chi connectivity index (χ1v) is 4.88. The normalized spacial score (nSPS) is 12.8. The SMILES string of the molecule is CCC(O)CCc1ccncc1Cl. The summed E-state index contributed by atoms with van der Waals surface area (Å²) in [6.45, 7) is 1.97. The van der Waals surface area contributed by atoms with Gasteiger partial charge in [0.2, 0.25) is 0 Å². The number of hydrogen-bond donors (Lipinski definition) is 1. The molecule has 1 aromatic heterocycles. The van der Waals surface area contributed by atoms with E-state index in [1.165, 1.54) is 0 Å². The number of aromatic nitrogens is 1. The van der Waals surface area contributed by atoms with Crippen LogP contribution in [0, 0.1) is 0 Å². The average molecular weight is 200 g/mol. The molecule has 0 aromatic carbocycles. The first kappa shape index (κ1) is 10.5. The summed E-state index contributed by atoms with van der Waals surface area (Å²) in [6.07, 6.45) is 5.51. The highest BCUT2D eigenvalue weighted by atomic mass is 35.5. The highest BCUT2D eigenvalue weighted by molar-refractivity contribution is 6.31. The molecule has 1 atom stereocenters. The van der Waals surface area contributed by atoms with Gasteiger partial charge in [-0.25, -0.2) is 0 Å². The summed E-state index contributed by atoms with van der Waals surface area (Å²) in [4.78, 5) is 3.90. The van der Waals surface area contributed by atoms with Crippen LogP contribution in [-0.2, 0) is 6.42 Å². The van der Waals surface area contributed by atoms with Crippen LogP contribution in [0.4, 0.5) is 0 Å². The molecule has 0 aliphatic carbocycles. The summed E-state index contributed by atoms with van der Waals surface area (Å²) in [6, 6.07) is 1.89. The minimum Gasteiger partial charge on any atom is -0.393 e. The fourth-order valence-electron chi connectivity index (χ4n) is 1.13. The molecule has 72 valence electrons. The zero-order valence-electron chi connectivity index (χ0n) is 7.70. The fourth-order valence-corrected chi connectivity index (χ4v) is 1.35. The van der Waals surface area contributed by atoms with E-state index in [2.05, 4.69) is 4.98 Å². The number of aliphatic hydroxyl groups excluding tert-OH is 1. The van der Waals surface area contributed by atoms with Gasteiger partial charge in [-0.1, -0.05) is 18.5 Å². The van der Waals surface area contributed by atoms with E-state index in [4.69, 9.17) is 11.6 Å². The third kappa shape index (κ3) is 3.33. The monoisotopic (exact) mass is 199 g/mol. The third-order valence-electron chi connectivity index (χ3n) is 2.07. The fraction of sp³-hybridized carbons (Fsp3) is 0.500.